The quantitative estimate of drug-likeness (QED) is 0.441. The molecule has 0 spiro atoms. The van der Waals surface area contributed by atoms with Crippen LogP contribution in [0.3, 0.4) is 0 Å². The van der Waals surface area contributed by atoms with Gasteiger partial charge in [0.05, 0.1) is 26.7 Å². The van der Waals surface area contributed by atoms with E-state index in [9.17, 15) is 0 Å². The van der Waals surface area contributed by atoms with Gasteiger partial charge in [0.2, 0.25) is 0 Å². The predicted molar refractivity (Wildman–Crippen MR) is 61.8 cm³/mol. The Morgan fingerprint density at radius 3 is 1.21 bits per heavy atom. The van der Waals surface area contributed by atoms with E-state index in [-0.39, 0.29) is 0 Å². The fourth-order valence-corrected chi connectivity index (χ4v) is 1.75. The third kappa shape index (κ3) is 6.32. The first-order chi connectivity index (χ1) is 6.68. The van der Waals surface area contributed by atoms with Crippen molar-refractivity contribution < 1.29 is 4.48 Å². The number of nitrogens with zero attached hydrogens (tertiary/aromatic N) is 1. The van der Waals surface area contributed by atoms with Crippen LogP contribution in [0.1, 0.15) is 19.3 Å². The van der Waals surface area contributed by atoms with Crippen molar-refractivity contribution >= 4 is 0 Å². The molecule has 0 unspecified atom stereocenters. The van der Waals surface area contributed by atoms with Gasteiger partial charge in [0, 0.05) is 19.3 Å². The first-order valence-electron chi connectivity index (χ1n) is 5.62. The third-order valence-corrected chi connectivity index (χ3v) is 2.71. The average molecular weight is 203 g/mol. The van der Waals surface area contributed by atoms with E-state index in [0.717, 1.165) is 63.0 Å². The summed E-state index contributed by atoms with van der Waals surface area (Å²) in [5.41, 5.74) is 16.6. The summed E-state index contributed by atoms with van der Waals surface area (Å²) in [4.78, 5) is 0. The van der Waals surface area contributed by atoms with Gasteiger partial charge in [-0.2, -0.15) is 0 Å². The van der Waals surface area contributed by atoms with Crippen molar-refractivity contribution in [1.29, 1.82) is 0 Å². The lowest BCUT2D eigenvalue weighted by atomic mass is 10.2. The van der Waals surface area contributed by atoms with Crippen LogP contribution in [0.25, 0.3) is 0 Å². The van der Waals surface area contributed by atoms with Crippen molar-refractivity contribution in [1.82, 2.24) is 0 Å². The molecule has 0 aromatic rings. The Balaban J connectivity index is 3.89. The van der Waals surface area contributed by atoms with E-state index in [1.165, 1.54) is 0 Å². The number of hydrogen-bond acceptors (Lipinski definition) is 3. The molecule has 0 heterocycles. The fourth-order valence-electron chi connectivity index (χ4n) is 1.75. The highest BCUT2D eigenvalue weighted by molar-refractivity contribution is 4.46. The zero-order valence-corrected chi connectivity index (χ0v) is 9.54. The Kier molecular flexibility index (Phi) is 8.08. The van der Waals surface area contributed by atoms with E-state index in [1.807, 2.05) is 0 Å². The van der Waals surface area contributed by atoms with E-state index in [0.29, 0.717) is 0 Å². The maximum atomic E-state index is 5.53. The van der Waals surface area contributed by atoms with Gasteiger partial charge in [-0.15, -0.1) is 0 Å². The summed E-state index contributed by atoms with van der Waals surface area (Å²) in [6.45, 7) is 5.78. The van der Waals surface area contributed by atoms with Crippen molar-refractivity contribution in [3.8, 4) is 0 Å². The van der Waals surface area contributed by atoms with Gasteiger partial charge >= 0.3 is 0 Å². The van der Waals surface area contributed by atoms with E-state index >= 15 is 0 Å². The second-order valence-electron chi connectivity index (χ2n) is 4.22. The largest absolute Gasteiger partial charge is 0.330 e. The van der Waals surface area contributed by atoms with Crippen LogP contribution in [0.15, 0.2) is 0 Å². The second-order valence-corrected chi connectivity index (χ2v) is 4.22. The normalized spacial score (nSPS) is 12.0. The molecule has 0 aliphatic rings. The molecule has 6 N–H and O–H groups in total. The summed E-state index contributed by atoms with van der Waals surface area (Å²) in [5, 5.41) is 0. The van der Waals surface area contributed by atoms with Crippen molar-refractivity contribution in [3.05, 3.63) is 0 Å². The van der Waals surface area contributed by atoms with Gasteiger partial charge in [-0.1, -0.05) is 0 Å². The molecule has 0 radical (unpaired) electrons. The lowest BCUT2D eigenvalue weighted by Crippen LogP contribution is -2.47. The molecule has 0 amide bonds. The number of quaternary nitrogens is 1. The molecule has 86 valence electrons. The van der Waals surface area contributed by atoms with Gasteiger partial charge in [-0.3, -0.25) is 0 Å². The highest BCUT2D eigenvalue weighted by atomic mass is 15.3. The molecule has 0 rings (SSSR count). The predicted octanol–water partition coefficient (Wildman–Crippen LogP) is -0.521. The summed E-state index contributed by atoms with van der Waals surface area (Å²) in [7, 11) is 2.28. The molecular weight excluding hydrogens is 176 g/mol. The zero-order valence-electron chi connectivity index (χ0n) is 9.54. The van der Waals surface area contributed by atoms with E-state index in [4.69, 9.17) is 17.2 Å². The molecule has 14 heavy (non-hydrogen) atoms. The minimum Gasteiger partial charge on any atom is -0.330 e. The Morgan fingerprint density at radius 2 is 1.00 bits per heavy atom. The summed E-state index contributed by atoms with van der Waals surface area (Å²) < 4.78 is 1.08. The Labute approximate surface area is 88.0 Å². The lowest BCUT2D eigenvalue weighted by Gasteiger charge is -2.34. The highest BCUT2D eigenvalue weighted by Crippen LogP contribution is 2.06. The number of hydrogen-bond donors (Lipinski definition) is 3. The van der Waals surface area contributed by atoms with Crippen LogP contribution in [0.5, 0.6) is 0 Å². The minimum atomic E-state index is 0.777. The Hall–Kier alpha value is -0.160. The van der Waals surface area contributed by atoms with Crippen molar-refractivity contribution in [2.75, 3.05) is 46.3 Å². The summed E-state index contributed by atoms with van der Waals surface area (Å²) >= 11 is 0. The van der Waals surface area contributed by atoms with Crippen LogP contribution in [0, 0.1) is 0 Å². The molecule has 0 saturated heterocycles. The first kappa shape index (κ1) is 13.8. The molecule has 4 nitrogen and oxygen atoms in total. The summed E-state index contributed by atoms with van der Waals surface area (Å²) in [6, 6.07) is 0. The van der Waals surface area contributed by atoms with Crippen LogP contribution in [-0.2, 0) is 0 Å². The fraction of sp³-hybridized carbons (Fsp3) is 1.00. The maximum absolute atomic E-state index is 5.53. The molecule has 0 aliphatic carbocycles. The van der Waals surface area contributed by atoms with E-state index in [2.05, 4.69) is 7.05 Å². The number of nitrogens with two attached hydrogens (primary N) is 3. The van der Waals surface area contributed by atoms with Gasteiger partial charge in [-0.05, 0) is 19.6 Å². The smallest absolute Gasteiger partial charge is 0.0796 e. The lowest BCUT2D eigenvalue weighted by molar-refractivity contribution is -0.909. The van der Waals surface area contributed by atoms with Crippen molar-refractivity contribution in [3.63, 3.8) is 0 Å². The van der Waals surface area contributed by atoms with Gasteiger partial charge in [-0.25, -0.2) is 0 Å². The molecule has 0 saturated carbocycles. The molecule has 0 atom stereocenters. The monoisotopic (exact) mass is 203 g/mol. The first-order valence-corrected chi connectivity index (χ1v) is 5.62. The molecule has 0 fully saturated rings. The Bertz CT molecular complexity index is 106. The highest BCUT2D eigenvalue weighted by Gasteiger charge is 2.19. The second kappa shape index (κ2) is 8.17. The average Bonchev–Trinajstić information content (AvgIpc) is 2.21. The van der Waals surface area contributed by atoms with Gasteiger partial charge in [0.25, 0.3) is 0 Å². The van der Waals surface area contributed by atoms with Crippen LogP contribution in [-0.4, -0.2) is 50.8 Å². The van der Waals surface area contributed by atoms with Gasteiger partial charge in [0.15, 0.2) is 0 Å². The van der Waals surface area contributed by atoms with Crippen LogP contribution < -0.4 is 17.2 Å². The minimum absolute atomic E-state index is 0.777. The van der Waals surface area contributed by atoms with Gasteiger partial charge in [0.1, 0.15) is 0 Å². The van der Waals surface area contributed by atoms with Crippen molar-refractivity contribution in [2.24, 2.45) is 17.2 Å². The molecule has 0 aromatic carbocycles. The van der Waals surface area contributed by atoms with Crippen LogP contribution in [0.2, 0.25) is 0 Å². The summed E-state index contributed by atoms with van der Waals surface area (Å²) in [5.74, 6) is 0. The maximum Gasteiger partial charge on any atom is 0.0796 e. The third-order valence-electron chi connectivity index (χ3n) is 2.71. The van der Waals surface area contributed by atoms with Gasteiger partial charge < -0.3 is 21.7 Å². The molecular formula is C10H27N4+. The SMILES string of the molecule is C[N+](CCCN)(CCCN)CCCN. The molecule has 0 bridgehead atoms. The standard InChI is InChI=1S/C10H27N4/c1-14(8-2-5-11,9-3-6-12)10-4-7-13/h2-13H2,1H3/q+1. The van der Waals surface area contributed by atoms with Crippen LogP contribution >= 0.6 is 0 Å². The van der Waals surface area contributed by atoms with Crippen LogP contribution in [0.4, 0.5) is 0 Å². The molecule has 4 heteroatoms. The topological polar surface area (TPSA) is 78.1 Å². The summed E-state index contributed by atoms with van der Waals surface area (Å²) in [6.07, 6.45) is 3.27. The van der Waals surface area contributed by atoms with Crippen molar-refractivity contribution in [2.45, 2.75) is 19.3 Å². The molecule has 0 aliphatic heterocycles. The van der Waals surface area contributed by atoms with E-state index in [1.54, 1.807) is 0 Å². The Morgan fingerprint density at radius 1 is 0.714 bits per heavy atom. The van der Waals surface area contributed by atoms with E-state index < -0.39 is 0 Å². The number of rotatable bonds is 9. The zero-order chi connectivity index (χ0) is 10.9. The molecule has 0 aromatic heterocycles.